The first-order valence-corrected chi connectivity index (χ1v) is 21.0. The third-order valence-electron chi connectivity index (χ3n) is 5.48. The number of carbonyl (C=O) groups excluding carboxylic acids is 1. The number of hydrogen-bond acceptors (Lipinski definition) is 3. The molecule has 186 valence electrons. The van der Waals surface area contributed by atoms with Crippen LogP contribution in [0.4, 0.5) is 0 Å². The van der Waals surface area contributed by atoms with Crippen molar-refractivity contribution in [3.63, 3.8) is 0 Å². The van der Waals surface area contributed by atoms with Gasteiger partial charge in [0, 0.05) is 0 Å². The molecule has 0 amide bonds. The van der Waals surface area contributed by atoms with E-state index in [1.165, 1.54) is 0 Å². The van der Waals surface area contributed by atoms with Gasteiger partial charge >= 0.3 is 181 Å². The van der Waals surface area contributed by atoms with Crippen LogP contribution < -0.4 is 4.74 Å². The second-order valence-corrected chi connectivity index (χ2v) is 21.9. The molecule has 33 heavy (non-hydrogen) atoms. The number of esters is 1. The molecule has 0 saturated heterocycles. The van der Waals surface area contributed by atoms with Crippen LogP contribution in [0.15, 0.2) is 43.0 Å². The summed E-state index contributed by atoms with van der Waals surface area (Å²) in [6.07, 6.45) is 9.03. The summed E-state index contributed by atoms with van der Waals surface area (Å²) in [5.74, 6) is 0.976. The molecule has 3 atom stereocenters. The fourth-order valence-electron chi connectivity index (χ4n) is 3.92. The van der Waals surface area contributed by atoms with Gasteiger partial charge in [-0.2, -0.15) is 11.1 Å². The molecule has 0 bridgehead atoms. The first kappa shape index (κ1) is 28.8. The van der Waals surface area contributed by atoms with Crippen LogP contribution in [-0.4, -0.2) is 30.2 Å². The van der Waals surface area contributed by atoms with Crippen molar-refractivity contribution in [2.24, 2.45) is 11.8 Å². The quantitative estimate of drug-likeness (QED) is 0.111. The summed E-state index contributed by atoms with van der Waals surface area (Å²) in [4.78, 5) is 12.7. The summed E-state index contributed by atoms with van der Waals surface area (Å²) in [5, 5.41) is 0. The van der Waals surface area contributed by atoms with Crippen molar-refractivity contribution in [1.82, 2.24) is 0 Å². The monoisotopic (exact) mass is 618 g/mol. The molecule has 8 heteroatoms. The number of carbonyl (C=O) groups is 1. The van der Waals surface area contributed by atoms with Crippen molar-refractivity contribution >= 4 is 48.4 Å². The summed E-state index contributed by atoms with van der Waals surface area (Å²) in [6.45, 7) is 12.2. The zero-order chi connectivity index (χ0) is 24.6. The van der Waals surface area contributed by atoms with Gasteiger partial charge in [-0.15, -0.1) is 0 Å². The number of rotatable bonds is 11. The van der Waals surface area contributed by atoms with Crippen molar-refractivity contribution in [2.75, 3.05) is 0 Å². The van der Waals surface area contributed by atoms with E-state index >= 15 is 0 Å². The van der Waals surface area contributed by atoms with Crippen LogP contribution in [0, 0.1) is 11.8 Å². The Balaban J connectivity index is 2.02. The van der Waals surface area contributed by atoms with Crippen LogP contribution in [0.1, 0.15) is 44.2 Å². The fourth-order valence-corrected chi connectivity index (χ4v) is 6.67. The second kappa shape index (κ2) is 13.6. The van der Waals surface area contributed by atoms with Crippen molar-refractivity contribution in [1.29, 1.82) is 0 Å². The third kappa shape index (κ3) is 10.4. The summed E-state index contributed by atoms with van der Waals surface area (Å²) in [5.41, 5.74) is 1.91. The minimum atomic E-state index is -2.01. The molecule has 1 fully saturated rings. The van der Waals surface area contributed by atoms with E-state index in [0.717, 1.165) is 35.8 Å². The molecule has 1 aromatic carbocycles. The first-order valence-electron chi connectivity index (χ1n) is 11.3. The standard InChI is InChI=1S/C25H35ClO3Si.2ClH.Ru/c1-7-21-12-13-22(9-8-16-30(5,6)26)25(21)29-24(27)15-11-20-10-14-23(19(4)17-20)28-18(2)3;;;/h4,7-10,14,17-18,21-22,25H,1,11-13,15-16H2,2-3,5-6H3;2*1H;/q;;;+2/p-2/b9-8+;;;/t21-,22?,25?;;;/m0.../s1. The molecular formula is C25H35Cl3O3RuSi. The third-order valence-corrected chi connectivity index (χ3v) is 8.98. The zero-order valence-electron chi connectivity index (χ0n) is 19.8. The van der Waals surface area contributed by atoms with Gasteiger partial charge in [0.1, 0.15) is 0 Å². The van der Waals surface area contributed by atoms with Crippen molar-refractivity contribution < 1.29 is 27.8 Å². The van der Waals surface area contributed by atoms with Crippen LogP contribution in [0.25, 0.3) is 0 Å². The Labute approximate surface area is 217 Å². The van der Waals surface area contributed by atoms with E-state index in [1.54, 1.807) is 0 Å². The Morgan fingerprint density at radius 2 is 1.97 bits per heavy atom. The molecule has 1 saturated carbocycles. The van der Waals surface area contributed by atoms with Gasteiger partial charge in [-0.25, -0.2) is 0 Å². The van der Waals surface area contributed by atoms with Gasteiger partial charge in [-0.3, -0.25) is 0 Å². The number of ether oxygens (including phenoxy) is 2. The molecule has 2 rings (SSSR count). The van der Waals surface area contributed by atoms with Crippen molar-refractivity contribution in [3.8, 4) is 5.75 Å². The van der Waals surface area contributed by atoms with E-state index in [9.17, 15) is 4.79 Å². The summed E-state index contributed by atoms with van der Waals surface area (Å²) >= 11 is 4.42. The minimum absolute atomic E-state index is 0.0494. The molecule has 0 radical (unpaired) electrons. The van der Waals surface area contributed by atoms with Gasteiger partial charge < -0.3 is 0 Å². The molecule has 0 aromatic heterocycles. The van der Waals surface area contributed by atoms with Crippen LogP contribution in [0.3, 0.4) is 0 Å². The SMILES string of the molecule is C=C[C@H]1CCC(/C=C/C[Si](C)(C)Cl)C1OC(=O)CCc1ccc(OC(C)C)c([CH]=[Ru]([Cl])[Cl])c1. The van der Waals surface area contributed by atoms with Gasteiger partial charge in [0.15, 0.2) is 7.38 Å². The number of hydrogen-bond donors (Lipinski definition) is 0. The average molecular weight is 619 g/mol. The van der Waals surface area contributed by atoms with E-state index in [0.29, 0.717) is 12.8 Å². The first-order chi connectivity index (χ1) is 15.5. The predicted molar refractivity (Wildman–Crippen MR) is 141 cm³/mol. The average Bonchev–Trinajstić information content (AvgIpc) is 3.08. The van der Waals surface area contributed by atoms with E-state index in [2.05, 4.69) is 31.8 Å². The molecule has 0 aliphatic heterocycles. The normalized spacial score (nSPS) is 21.3. The van der Waals surface area contributed by atoms with E-state index in [1.807, 2.05) is 42.7 Å². The van der Waals surface area contributed by atoms with Gasteiger partial charge in [0.05, 0.1) is 0 Å². The summed E-state index contributed by atoms with van der Waals surface area (Å²) in [7, 11) is 10.6. The van der Waals surface area contributed by atoms with Gasteiger partial charge in [-0.05, 0) is 6.04 Å². The molecule has 0 heterocycles. The van der Waals surface area contributed by atoms with Crippen LogP contribution >= 0.6 is 30.5 Å². The van der Waals surface area contributed by atoms with Crippen LogP contribution in [-0.2, 0) is 29.5 Å². The van der Waals surface area contributed by atoms with E-state index in [-0.39, 0.29) is 30.0 Å². The number of halogens is 3. The molecular weight excluding hydrogens is 584 g/mol. The molecule has 2 unspecified atom stereocenters. The molecule has 1 aliphatic carbocycles. The maximum atomic E-state index is 12.7. The van der Waals surface area contributed by atoms with Gasteiger partial charge in [0.2, 0.25) is 0 Å². The maximum absolute atomic E-state index is 12.7. The van der Waals surface area contributed by atoms with E-state index < -0.39 is 20.9 Å². The molecule has 0 N–H and O–H groups in total. The molecule has 1 aliphatic rings. The summed E-state index contributed by atoms with van der Waals surface area (Å²) in [6, 6.07) is 6.81. The Morgan fingerprint density at radius 3 is 2.58 bits per heavy atom. The number of allylic oxidation sites excluding steroid dienone is 1. The Kier molecular flexibility index (Phi) is 11.9. The topological polar surface area (TPSA) is 35.5 Å². The molecule has 0 spiro atoms. The van der Waals surface area contributed by atoms with Crippen LogP contribution in [0.5, 0.6) is 5.75 Å². The number of aryl methyl sites for hydroxylation is 1. The fraction of sp³-hybridized carbons (Fsp3) is 0.520. The predicted octanol–water partition coefficient (Wildman–Crippen LogP) is 7.61. The van der Waals surface area contributed by atoms with Crippen molar-refractivity contribution in [3.05, 3.63) is 54.1 Å². The zero-order valence-corrected chi connectivity index (χ0v) is 24.8. The van der Waals surface area contributed by atoms with E-state index in [4.69, 9.17) is 39.9 Å². The van der Waals surface area contributed by atoms with Gasteiger partial charge in [0.25, 0.3) is 0 Å². The second-order valence-electron chi connectivity index (χ2n) is 9.29. The van der Waals surface area contributed by atoms with Crippen LogP contribution in [0.2, 0.25) is 19.1 Å². The number of benzene rings is 1. The van der Waals surface area contributed by atoms with Gasteiger partial charge in [-0.1, -0.05) is 13.1 Å². The van der Waals surface area contributed by atoms with Crippen molar-refractivity contribution in [2.45, 2.75) is 70.9 Å². The molecule has 3 nitrogen and oxygen atoms in total. The Hall–Kier alpha value is -0.450. The summed E-state index contributed by atoms with van der Waals surface area (Å²) < 4.78 is 13.7. The Bertz CT molecular complexity index is 876. The Morgan fingerprint density at radius 1 is 1.27 bits per heavy atom. The molecule has 1 aromatic rings.